The third-order valence-corrected chi connectivity index (χ3v) is 6.92. The molecule has 0 bridgehead atoms. The van der Waals surface area contributed by atoms with Crippen molar-refractivity contribution in [3.05, 3.63) is 24.3 Å². The molecule has 36 heavy (non-hydrogen) atoms. The van der Waals surface area contributed by atoms with Crippen molar-refractivity contribution in [1.29, 1.82) is 0 Å². The lowest BCUT2D eigenvalue weighted by atomic mass is 10.0. The topological polar surface area (TPSA) is 173 Å². The first-order valence-electron chi connectivity index (χ1n) is 11.0. The van der Waals surface area contributed by atoms with E-state index in [9.17, 15) is 26.7 Å². The van der Waals surface area contributed by atoms with Gasteiger partial charge in [0.2, 0.25) is 10.0 Å². The molecule has 4 atom stereocenters. The van der Waals surface area contributed by atoms with E-state index in [2.05, 4.69) is 8.91 Å². The molecule has 0 spiro atoms. The summed E-state index contributed by atoms with van der Waals surface area (Å²) in [7, 11) is -7.13. The Balaban J connectivity index is 2.24. The van der Waals surface area contributed by atoms with Gasteiger partial charge in [-0.05, 0) is 45.0 Å². The summed E-state index contributed by atoms with van der Waals surface area (Å²) in [5.41, 5.74) is 0. The van der Waals surface area contributed by atoms with Crippen LogP contribution in [0.5, 0.6) is 5.75 Å². The molecule has 1 aromatic carbocycles. The summed E-state index contributed by atoms with van der Waals surface area (Å²) >= 11 is 0. The normalized spacial score (nSPS) is 21.6. The lowest BCUT2D eigenvalue weighted by Crippen LogP contribution is -2.55. The van der Waals surface area contributed by atoms with Crippen molar-refractivity contribution in [2.45, 2.75) is 55.8 Å². The highest BCUT2D eigenvalue weighted by Crippen LogP contribution is 2.33. The van der Waals surface area contributed by atoms with E-state index in [1.165, 1.54) is 38.1 Å². The van der Waals surface area contributed by atoms with Crippen LogP contribution >= 0.6 is 0 Å². The molecule has 0 unspecified atom stereocenters. The maximum absolute atomic E-state index is 13.1. The van der Waals surface area contributed by atoms with Crippen molar-refractivity contribution >= 4 is 26.1 Å². The lowest BCUT2D eigenvalue weighted by Gasteiger charge is -2.27. The summed E-state index contributed by atoms with van der Waals surface area (Å²) in [6, 6.07) is 3.81. The Bertz CT molecular complexity index is 1070. The molecule has 15 heteroatoms. The number of carbonyl (C=O) groups excluding carboxylic acids is 1. The van der Waals surface area contributed by atoms with Crippen molar-refractivity contribution in [2.75, 3.05) is 39.8 Å². The third kappa shape index (κ3) is 8.92. The Hall–Kier alpha value is -1.85. The highest BCUT2D eigenvalue weighted by molar-refractivity contribution is 7.89. The van der Waals surface area contributed by atoms with Crippen molar-refractivity contribution < 1.29 is 54.6 Å². The fourth-order valence-electron chi connectivity index (χ4n) is 3.35. The number of methoxy groups -OCH3 is 1. The van der Waals surface area contributed by atoms with E-state index >= 15 is 0 Å². The van der Waals surface area contributed by atoms with Crippen LogP contribution in [0, 0.1) is 0 Å². The summed E-state index contributed by atoms with van der Waals surface area (Å²) in [6.07, 6.45) is -3.51. The van der Waals surface area contributed by atoms with Gasteiger partial charge in [-0.25, -0.2) is 8.42 Å². The highest BCUT2D eigenvalue weighted by atomic mass is 32.2. The largest absolute Gasteiger partial charge is 0.491 e. The number of hydrogen-bond donors (Lipinski definition) is 2. The Morgan fingerprint density at radius 2 is 1.72 bits per heavy atom. The zero-order chi connectivity index (χ0) is 27.1. The van der Waals surface area contributed by atoms with Gasteiger partial charge in [0, 0.05) is 6.61 Å². The van der Waals surface area contributed by atoms with Crippen molar-refractivity contribution in [3.63, 3.8) is 0 Å². The first kappa shape index (κ1) is 30.4. The Kier molecular flexibility index (Phi) is 10.6. The number of aliphatic hydroxyl groups excluding tert-OH is 1. The Morgan fingerprint density at radius 1 is 1.11 bits per heavy atom. The van der Waals surface area contributed by atoms with E-state index in [1.54, 1.807) is 0 Å². The molecule has 2 N–H and O–H groups in total. The van der Waals surface area contributed by atoms with Crippen molar-refractivity contribution in [1.82, 2.24) is 4.72 Å². The number of rotatable bonds is 14. The van der Waals surface area contributed by atoms with E-state index in [4.69, 9.17) is 23.7 Å². The summed E-state index contributed by atoms with van der Waals surface area (Å²) in [5.74, 6) is -1.94. The van der Waals surface area contributed by atoms with E-state index in [0.29, 0.717) is 19.0 Å². The molecule has 1 saturated heterocycles. The first-order valence-corrected chi connectivity index (χ1v) is 14.3. The molecule has 0 amide bonds. The zero-order valence-corrected chi connectivity index (χ0v) is 22.3. The van der Waals surface area contributed by atoms with Crippen LogP contribution in [0.1, 0.15) is 20.8 Å². The maximum atomic E-state index is 13.1. The van der Waals surface area contributed by atoms with E-state index < -0.39 is 62.9 Å². The highest BCUT2D eigenvalue weighted by Gasteiger charge is 2.52. The fourth-order valence-corrected chi connectivity index (χ4v) is 4.93. The molecule has 2 rings (SSSR count). The van der Waals surface area contributed by atoms with Crippen LogP contribution in [0.15, 0.2) is 29.2 Å². The van der Waals surface area contributed by atoms with Gasteiger partial charge in [0.05, 0.1) is 31.5 Å². The number of nitrogens with one attached hydrogen (secondary N) is 1. The zero-order valence-electron chi connectivity index (χ0n) is 20.7. The van der Waals surface area contributed by atoms with Gasteiger partial charge in [0.25, 0.3) is 10.1 Å². The molecule has 1 heterocycles. The second kappa shape index (κ2) is 12.6. The van der Waals surface area contributed by atoms with E-state index in [-0.39, 0.29) is 11.5 Å². The minimum atomic E-state index is -4.30. The molecule has 0 saturated carbocycles. The second-order valence-electron chi connectivity index (χ2n) is 8.26. The van der Waals surface area contributed by atoms with Gasteiger partial charge in [-0.15, -0.1) is 0 Å². The van der Waals surface area contributed by atoms with Crippen LogP contribution in [0.3, 0.4) is 0 Å². The first-order chi connectivity index (χ1) is 16.7. The molecule has 206 valence electrons. The number of aliphatic hydroxyl groups is 1. The monoisotopic (exact) mass is 555 g/mol. The smallest absolute Gasteiger partial charge is 0.326 e. The molecular formula is C21H33NO12S2. The van der Waals surface area contributed by atoms with E-state index in [0.717, 1.165) is 13.4 Å². The van der Waals surface area contributed by atoms with Gasteiger partial charge < -0.3 is 28.8 Å². The predicted octanol–water partition coefficient (Wildman–Crippen LogP) is -0.221. The fraction of sp³-hybridized carbons (Fsp3) is 0.667. The van der Waals surface area contributed by atoms with Gasteiger partial charge in [0.15, 0.2) is 5.79 Å². The van der Waals surface area contributed by atoms with Crippen LogP contribution in [-0.2, 0) is 48.1 Å². The lowest BCUT2D eigenvalue weighted by molar-refractivity contribution is -0.161. The number of hydrogen-bond acceptors (Lipinski definition) is 12. The minimum absolute atomic E-state index is 0.177. The molecule has 1 fully saturated rings. The van der Waals surface area contributed by atoms with Crippen LogP contribution in [0.4, 0.5) is 0 Å². The number of ether oxygens (including phenoxy) is 5. The van der Waals surface area contributed by atoms with Crippen LogP contribution in [0.2, 0.25) is 0 Å². The molecule has 1 aliphatic heterocycles. The summed E-state index contributed by atoms with van der Waals surface area (Å²) < 4.78 is 82.4. The number of carbonyl (C=O) groups is 1. The molecule has 0 radical (unpaired) electrons. The number of esters is 1. The Labute approximate surface area is 211 Å². The molecule has 1 aliphatic rings. The number of sulfonamides is 1. The molecule has 0 aromatic heterocycles. The Morgan fingerprint density at radius 3 is 2.28 bits per heavy atom. The standard InChI is InChI=1S/C21H33NO12S2/c1-6-30-11-12-31-14-7-9-15(10-8-14)36(27,28)22-17(20(24)29-4)19-18(33-21(2,3)34-19)16(23)13-32-35(5,25)26/h7-10,16-19,22-23H,6,11-13H2,1-5H3/t16-,17+,18+,19+/m0/s1. The predicted molar refractivity (Wildman–Crippen MR) is 125 cm³/mol. The van der Waals surface area contributed by atoms with Crippen LogP contribution in [-0.4, -0.2) is 97.8 Å². The SMILES string of the molecule is CCOCCOc1ccc(S(=O)(=O)N[C@@H](C(=O)OC)[C@H]2OC(C)(C)O[C@@H]2[C@@H](O)COS(C)(=O)=O)cc1. The molecule has 0 aliphatic carbocycles. The van der Waals surface area contributed by atoms with Gasteiger partial charge in [-0.1, -0.05) is 0 Å². The summed E-state index contributed by atoms with van der Waals surface area (Å²) in [5, 5.41) is 10.5. The molecule has 1 aromatic rings. The van der Waals surface area contributed by atoms with Crippen molar-refractivity contribution in [2.24, 2.45) is 0 Å². The van der Waals surface area contributed by atoms with Gasteiger partial charge >= 0.3 is 5.97 Å². The van der Waals surface area contributed by atoms with Gasteiger partial charge in [-0.2, -0.15) is 13.1 Å². The maximum Gasteiger partial charge on any atom is 0.326 e. The average molecular weight is 556 g/mol. The summed E-state index contributed by atoms with van der Waals surface area (Å²) in [4.78, 5) is 12.4. The number of benzene rings is 1. The second-order valence-corrected chi connectivity index (χ2v) is 11.6. The van der Waals surface area contributed by atoms with Crippen LogP contribution < -0.4 is 9.46 Å². The van der Waals surface area contributed by atoms with Gasteiger partial charge in [0.1, 0.15) is 36.7 Å². The van der Waals surface area contributed by atoms with Crippen LogP contribution in [0.25, 0.3) is 0 Å². The molecular weight excluding hydrogens is 522 g/mol. The van der Waals surface area contributed by atoms with E-state index in [1.807, 2.05) is 6.92 Å². The molecule has 13 nitrogen and oxygen atoms in total. The summed E-state index contributed by atoms with van der Waals surface area (Å²) in [6.45, 7) is 5.32. The third-order valence-electron chi connectivity index (χ3n) is 4.90. The van der Waals surface area contributed by atoms with Crippen molar-refractivity contribution in [3.8, 4) is 5.75 Å². The average Bonchev–Trinajstić information content (AvgIpc) is 3.13. The minimum Gasteiger partial charge on any atom is -0.491 e. The quantitative estimate of drug-likeness (QED) is 0.176. The van der Waals surface area contributed by atoms with Gasteiger partial charge in [-0.3, -0.25) is 8.98 Å².